The molecule has 0 fully saturated rings. The molecule has 1 N–H and O–H groups in total. The lowest BCUT2D eigenvalue weighted by atomic mass is 10.0. The maximum atomic E-state index is 12.9. The summed E-state index contributed by atoms with van der Waals surface area (Å²) in [5.41, 5.74) is 0.842. The first-order valence-corrected chi connectivity index (χ1v) is 6.05. The van der Waals surface area contributed by atoms with Crippen molar-refractivity contribution in [3.8, 4) is 0 Å². The van der Waals surface area contributed by atoms with E-state index in [1.165, 1.54) is 6.07 Å². The molecule has 0 aromatic heterocycles. The number of ether oxygens (including phenoxy) is 1. The molecule has 4 heteroatoms. The van der Waals surface area contributed by atoms with E-state index in [9.17, 15) is 9.50 Å². The second-order valence-electron chi connectivity index (χ2n) is 4.23. The molecule has 2 atom stereocenters. The molecule has 2 unspecified atom stereocenters. The number of rotatable bonds is 6. The second kappa shape index (κ2) is 6.94. The zero-order chi connectivity index (χ0) is 12.8. The summed E-state index contributed by atoms with van der Waals surface area (Å²) in [6, 6.07) is 4.52. The highest BCUT2D eigenvalue weighted by Crippen LogP contribution is 2.18. The van der Waals surface area contributed by atoms with E-state index in [4.69, 9.17) is 16.3 Å². The Labute approximate surface area is 106 Å². The van der Waals surface area contributed by atoms with E-state index in [1.54, 1.807) is 19.2 Å². The van der Waals surface area contributed by atoms with E-state index < -0.39 is 11.9 Å². The van der Waals surface area contributed by atoms with E-state index in [1.807, 2.05) is 6.92 Å². The summed E-state index contributed by atoms with van der Waals surface area (Å²) >= 11 is 5.67. The van der Waals surface area contributed by atoms with Crippen molar-refractivity contribution in [2.45, 2.75) is 38.4 Å². The van der Waals surface area contributed by atoms with Crippen molar-refractivity contribution < 1.29 is 14.2 Å². The fourth-order valence-electron chi connectivity index (χ4n) is 1.59. The predicted molar refractivity (Wildman–Crippen MR) is 66.8 cm³/mol. The molecule has 1 aromatic rings. The van der Waals surface area contributed by atoms with E-state index in [0.29, 0.717) is 12.8 Å². The number of benzene rings is 1. The molecule has 1 aromatic carbocycles. The number of hydrogen-bond acceptors (Lipinski definition) is 2. The van der Waals surface area contributed by atoms with Crippen LogP contribution in [0, 0.1) is 5.82 Å². The highest BCUT2D eigenvalue weighted by molar-refractivity contribution is 6.30. The lowest BCUT2D eigenvalue weighted by molar-refractivity contribution is 0.0851. The topological polar surface area (TPSA) is 29.5 Å². The third-order valence-corrected chi connectivity index (χ3v) is 3.05. The Morgan fingerprint density at radius 3 is 2.71 bits per heavy atom. The lowest BCUT2D eigenvalue weighted by Gasteiger charge is -2.14. The van der Waals surface area contributed by atoms with Crippen LogP contribution in [0.3, 0.4) is 0 Å². The van der Waals surface area contributed by atoms with Gasteiger partial charge in [-0.2, -0.15) is 0 Å². The highest BCUT2D eigenvalue weighted by Gasteiger charge is 2.09. The van der Waals surface area contributed by atoms with Gasteiger partial charge in [-0.15, -0.1) is 0 Å². The molecular formula is C13H18ClFO2. The third kappa shape index (κ3) is 5.02. The van der Waals surface area contributed by atoms with Gasteiger partial charge in [0.15, 0.2) is 0 Å². The van der Waals surface area contributed by atoms with Gasteiger partial charge in [-0.3, -0.25) is 0 Å². The van der Waals surface area contributed by atoms with Gasteiger partial charge in [-0.05, 0) is 43.9 Å². The molecule has 96 valence electrons. The van der Waals surface area contributed by atoms with Crippen LogP contribution in [0.15, 0.2) is 18.2 Å². The number of halogens is 2. The van der Waals surface area contributed by atoms with Crippen LogP contribution in [0.5, 0.6) is 0 Å². The van der Waals surface area contributed by atoms with E-state index in [0.717, 1.165) is 12.0 Å². The summed E-state index contributed by atoms with van der Waals surface area (Å²) in [5.74, 6) is -0.432. The standard InChI is InChI=1S/C13H18ClFO2/c1-9(17-2)3-5-11(16)7-10-4-6-13(15)12(14)8-10/h4,6,8-9,11,16H,3,5,7H2,1-2H3. The molecule has 1 rings (SSSR count). The highest BCUT2D eigenvalue weighted by atomic mass is 35.5. The summed E-state index contributed by atoms with van der Waals surface area (Å²) < 4.78 is 18.0. The monoisotopic (exact) mass is 260 g/mol. The molecule has 0 bridgehead atoms. The first-order valence-electron chi connectivity index (χ1n) is 5.67. The van der Waals surface area contributed by atoms with Gasteiger partial charge in [0.25, 0.3) is 0 Å². The van der Waals surface area contributed by atoms with Crippen LogP contribution in [0.4, 0.5) is 4.39 Å². The minimum atomic E-state index is -0.450. The van der Waals surface area contributed by atoms with Crippen LogP contribution in [0.25, 0.3) is 0 Å². The van der Waals surface area contributed by atoms with Gasteiger partial charge in [0, 0.05) is 7.11 Å². The predicted octanol–water partition coefficient (Wildman–Crippen LogP) is 3.20. The Morgan fingerprint density at radius 2 is 2.12 bits per heavy atom. The van der Waals surface area contributed by atoms with Crippen molar-refractivity contribution in [2.75, 3.05) is 7.11 Å². The molecule has 0 saturated heterocycles. The molecule has 0 radical (unpaired) electrons. The van der Waals surface area contributed by atoms with Crippen molar-refractivity contribution in [1.82, 2.24) is 0 Å². The molecular weight excluding hydrogens is 243 g/mol. The molecule has 0 aliphatic carbocycles. The molecule has 2 nitrogen and oxygen atoms in total. The molecule has 0 saturated carbocycles. The Hall–Kier alpha value is -0.640. The summed E-state index contributed by atoms with van der Waals surface area (Å²) in [4.78, 5) is 0. The Kier molecular flexibility index (Phi) is 5.89. The number of methoxy groups -OCH3 is 1. The Bertz CT molecular complexity index is 357. The maximum Gasteiger partial charge on any atom is 0.141 e. The normalized spacial score (nSPS) is 14.6. The molecule has 0 aliphatic rings. The zero-order valence-corrected chi connectivity index (χ0v) is 10.9. The van der Waals surface area contributed by atoms with Crippen molar-refractivity contribution in [3.63, 3.8) is 0 Å². The summed E-state index contributed by atoms with van der Waals surface area (Å²) in [6.07, 6.45) is 1.63. The fraction of sp³-hybridized carbons (Fsp3) is 0.538. The van der Waals surface area contributed by atoms with Gasteiger partial charge < -0.3 is 9.84 Å². The molecule has 0 heterocycles. The third-order valence-electron chi connectivity index (χ3n) is 2.76. The lowest BCUT2D eigenvalue weighted by Crippen LogP contribution is -2.14. The minimum absolute atomic E-state index is 0.0972. The van der Waals surface area contributed by atoms with Crippen molar-refractivity contribution in [1.29, 1.82) is 0 Å². The first-order chi connectivity index (χ1) is 8.02. The number of aliphatic hydroxyl groups is 1. The number of hydrogen-bond donors (Lipinski definition) is 1. The summed E-state index contributed by atoms with van der Waals surface area (Å²) in [7, 11) is 1.65. The minimum Gasteiger partial charge on any atom is -0.393 e. The molecule has 17 heavy (non-hydrogen) atoms. The van der Waals surface area contributed by atoms with Crippen LogP contribution in [-0.2, 0) is 11.2 Å². The summed E-state index contributed by atoms with van der Waals surface area (Å²) in [5, 5.41) is 9.91. The average Bonchev–Trinajstić information content (AvgIpc) is 2.31. The molecule has 0 spiro atoms. The van der Waals surface area contributed by atoms with E-state index in [2.05, 4.69) is 0 Å². The average molecular weight is 261 g/mol. The van der Waals surface area contributed by atoms with Gasteiger partial charge in [-0.25, -0.2) is 4.39 Å². The van der Waals surface area contributed by atoms with Gasteiger partial charge in [-0.1, -0.05) is 17.7 Å². The van der Waals surface area contributed by atoms with Gasteiger partial charge in [0.05, 0.1) is 17.2 Å². The quantitative estimate of drug-likeness (QED) is 0.851. The first kappa shape index (κ1) is 14.4. The van der Waals surface area contributed by atoms with Gasteiger partial charge >= 0.3 is 0 Å². The van der Waals surface area contributed by atoms with Crippen molar-refractivity contribution in [3.05, 3.63) is 34.6 Å². The summed E-state index contributed by atoms with van der Waals surface area (Å²) in [6.45, 7) is 1.96. The fourth-order valence-corrected chi connectivity index (χ4v) is 1.79. The van der Waals surface area contributed by atoms with Gasteiger partial charge in [0.2, 0.25) is 0 Å². The SMILES string of the molecule is COC(C)CCC(O)Cc1ccc(F)c(Cl)c1. The Morgan fingerprint density at radius 1 is 1.41 bits per heavy atom. The Balaban J connectivity index is 2.44. The largest absolute Gasteiger partial charge is 0.393 e. The smallest absolute Gasteiger partial charge is 0.141 e. The molecule has 0 amide bonds. The van der Waals surface area contributed by atoms with Crippen molar-refractivity contribution in [2.24, 2.45) is 0 Å². The zero-order valence-electron chi connectivity index (χ0n) is 10.1. The van der Waals surface area contributed by atoms with Crippen molar-refractivity contribution >= 4 is 11.6 Å². The van der Waals surface area contributed by atoms with Crippen LogP contribution >= 0.6 is 11.6 Å². The number of aliphatic hydroxyl groups excluding tert-OH is 1. The van der Waals surface area contributed by atoms with Crippen LogP contribution in [0.1, 0.15) is 25.3 Å². The van der Waals surface area contributed by atoms with E-state index in [-0.39, 0.29) is 11.1 Å². The van der Waals surface area contributed by atoms with Gasteiger partial charge in [0.1, 0.15) is 5.82 Å². The second-order valence-corrected chi connectivity index (χ2v) is 4.64. The van der Waals surface area contributed by atoms with Crippen LogP contribution < -0.4 is 0 Å². The van der Waals surface area contributed by atoms with Crippen LogP contribution in [-0.4, -0.2) is 24.4 Å². The van der Waals surface area contributed by atoms with Crippen LogP contribution in [0.2, 0.25) is 5.02 Å². The van der Waals surface area contributed by atoms with E-state index >= 15 is 0 Å². The molecule has 0 aliphatic heterocycles. The maximum absolute atomic E-state index is 12.9.